The quantitative estimate of drug-likeness (QED) is 0.653. The molecule has 1 fully saturated rings. The van der Waals surface area contributed by atoms with Crippen LogP contribution in [0.1, 0.15) is 40.5 Å². The smallest absolute Gasteiger partial charge is 0.0599 e. The van der Waals surface area contributed by atoms with Gasteiger partial charge in [0.05, 0.1) is 12.2 Å². The second-order valence-corrected chi connectivity index (χ2v) is 4.95. The molecule has 12 heavy (non-hydrogen) atoms. The molecule has 0 atom stereocenters. The van der Waals surface area contributed by atoms with E-state index in [9.17, 15) is 0 Å². The largest absolute Gasteiger partial charge is 0.375 e. The summed E-state index contributed by atoms with van der Waals surface area (Å²) in [5.41, 5.74) is 0.452. The third-order valence-electron chi connectivity index (χ3n) is 2.19. The fourth-order valence-corrected chi connectivity index (χ4v) is 1.07. The van der Waals surface area contributed by atoms with Crippen molar-refractivity contribution >= 4 is 0 Å². The molecule has 0 unspecified atom stereocenters. The van der Waals surface area contributed by atoms with Crippen molar-refractivity contribution in [3.8, 4) is 0 Å². The normalized spacial score (nSPS) is 21.0. The van der Waals surface area contributed by atoms with E-state index in [1.807, 2.05) is 0 Å². The van der Waals surface area contributed by atoms with E-state index in [-0.39, 0.29) is 5.60 Å². The summed E-state index contributed by atoms with van der Waals surface area (Å²) < 4.78 is 5.59. The molecule has 1 aliphatic carbocycles. The Morgan fingerprint density at radius 1 is 1.33 bits per heavy atom. The maximum atomic E-state index is 5.59. The first kappa shape index (κ1) is 10.0. The number of ether oxygens (including phenoxy) is 1. The molecule has 1 aliphatic rings. The molecule has 0 radical (unpaired) electrons. The van der Waals surface area contributed by atoms with E-state index < -0.39 is 0 Å². The highest BCUT2D eigenvalue weighted by Crippen LogP contribution is 2.33. The van der Waals surface area contributed by atoms with Crippen LogP contribution in [0.25, 0.3) is 0 Å². The van der Waals surface area contributed by atoms with E-state index in [2.05, 4.69) is 33.0 Å². The van der Waals surface area contributed by atoms with E-state index in [0.29, 0.717) is 5.54 Å². The van der Waals surface area contributed by atoms with Gasteiger partial charge in [-0.2, -0.15) is 0 Å². The lowest BCUT2D eigenvalue weighted by atomic mass is 10.2. The van der Waals surface area contributed by atoms with Crippen molar-refractivity contribution in [1.29, 1.82) is 0 Å². The van der Waals surface area contributed by atoms with E-state index in [4.69, 9.17) is 4.74 Å². The van der Waals surface area contributed by atoms with Gasteiger partial charge in [0.25, 0.3) is 0 Å². The number of hydrogen-bond donors (Lipinski definition) is 1. The summed E-state index contributed by atoms with van der Waals surface area (Å²) in [5, 5.41) is 3.48. The molecule has 2 nitrogen and oxygen atoms in total. The summed E-state index contributed by atoms with van der Waals surface area (Å²) >= 11 is 0. The molecule has 0 amide bonds. The first-order valence-electron chi connectivity index (χ1n) is 4.80. The molecule has 1 N–H and O–H groups in total. The zero-order valence-corrected chi connectivity index (χ0v) is 8.74. The van der Waals surface area contributed by atoms with Crippen LogP contribution in [0, 0.1) is 0 Å². The minimum absolute atomic E-state index is 0.00609. The van der Waals surface area contributed by atoms with Crippen LogP contribution in [0.3, 0.4) is 0 Å². The number of rotatable bonds is 4. The van der Waals surface area contributed by atoms with Crippen LogP contribution in [-0.4, -0.2) is 24.3 Å². The van der Waals surface area contributed by atoms with Gasteiger partial charge in [-0.25, -0.2) is 0 Å². The van der Waals surface area contributed by atoms with Gasteiger partial charge >= 0.3 is 0 Å². The molecule has 1 rings (SSSR count). The van der Waals surface area contributed by atoms with Crippen molar-refractivity contribution < 1.29 is 4.74 Å². The molecule has 0 heterocycles. The van der Waals surface area contributed by atoms with Gasteiger partial charge in [0.2, 0.25) is 0 Å². The van der Waals surface area contributed by atoms with Crippen molar-refractivity contribution in [3.63, 3.8) is 0 Å². The Labute approximate surface area is 75.7 Å². The Balaban J connectivity index is 1.96. The molecule has 72 valence electrons. The van der Waals surface area contributed by atoms with Crippen LogP contribution in [0.2, 0.25) is 0 Å². The Kier molecular flexibility index (Phi) is 2.79. The van der Waals surface area contributed by atoms with E-state index in [1.165, 1.54) is 12.8 Å². The highest BCUT2D eigenvalue weighted by Gasteiger charge is 2.36. The summed E-state index contributed by atoms with van der Waals surface area (Å²) in [7, 11) is 0. The minimum atomic E-state index is 0.00609. The fourth-order valence-electron chi connectivity index (χ4n) is 1.07. The molecule has 0 aromatic rings. The van der Waals surface area contributed by atoms with E-state index in [0.717, 1.165) is 13.2 Å². The van der Waals surface area contributed by atoms with Gasteiger partial charge < -0.3 is 10.1 Å². The first-order valence-corrected chi connectivity index (χ1v) is 4.80. The molecular formula is C10H21NO. The van der Waals surface area contributed by atoms with Crippen molar-refractivity contribution in [2.75, 3.05) is 13.2 Å². The predicted molar refractivity (Wildman–Crippen MR) is 51.3 cm³/mol. The molecular weight excluding hydrogens is 150 g/mol. The van der Waals surface area contributed by atoms with Gasteiger partial charge in [-0.1, -0.05) is 0 Å². The van der Waals surface area contributed by atoms with Crippen LogP contribution in [-0.2, 0) is 4.74 Å². The van der Waals surface area contributed by atoms with Crippen LogP contribution >= 0.6 is 0 Å². The van der Waals surface area contributed by atoms with Gasteiger partial charge in [0.15, 0.2) is 0 Å². The number of hydrogen-bond acceptors (Lipinski definition) is 2. The molecule has 0 spiro atoms. The molecule has 0 aromatic carbocycles. The zero-order valence-electron chi connectivity index (χ0n) is 8.74. The Morgan fingerprint density at radius 2 is 1.92 bits per heavy atom. The summed E-state index contributed by atoms with van der Waals surface area (Å²) in [6.45, 7) is 10.3. The molecule has 0 bridgehead atoms. The second kappa shape index (κ2) is 3.35. The van der Waals surface area contributed by atoms with Crippen LogP contribution in [0.5, 0.6) is 0 Å². The Morgan fingerprint density at radius 3 is 2.33 bits per heavy atom. The van der Waals surface area contributed by atoms with Crippen LogP contribution < -0.4 is 5.32 Å². The summed E-state index contributed by atoms with van der Waals surface area (Å²) in [6, 6.07) is 0. The second-order valence-electron chi connectivity index (χ2n) is 4.95. The summed E-state index contributed by atoms with van der Waals surface area (Å²) in [6.07, 6.45) is 2.64. The van der Waals surface area contributed by atoms with Gasteiger partial charge in [-0.3, -0.25) is 0 Å². The maximum absolute atomic E-state index is 5.59. The first-order chi connectivity index (χ1) is 5.41. The van der Waals surface area contributed by atoms with Crippen molar-refractivity contribution in [2.24, 2.45) is 0 Å². The summed E-state index contributed by atoms with van der Waals surface area (Å²) in [4.78, 5) is 0. The Bertz CT molecular complexity index is 137. The monoisotopic (exact) mass is 171 g/mol. The topological polar surface area (TPSA) is 21.3 Å². The van der Waals surface area contributed by atoms with E-state index in [1.54, 1.807) is 0 Å². The molecule has 0 aliphatic heterocycles. The highest BCUT2D eigenvalue weighted by molar-refractivity contribution is 4.97. The minimum Gasteiger partial charge on any atom is -0.375 e. The summed E-state index contributed by atoms with van der Waals surface area (Å²) in [5.74, 6) is 0. The lowest BCUT2D eigenvalue weighted by Crippen LogP contribution is -2.33. The lowest BCUT2D eigenvalue weighted by molar-refractivity contribution is -0.00176. The van der Waals surface area contributed by atoms with Crippen molar-refractivity contribution in [1.82, 2.24) is 5.32 Å². The average molecular weight is 171 g/mol. The van der Waals surface area contributed by atoms with Gasteiger partial charge in [-0.15, -0.1) is 0 Å². The van der Waals surface area contributed by atoms with Crippen LogP contribution in [0.15, 0.2) is 0 Å². The van der Waals surface area contributed by atoms with Crippen molar-refractivity contribution in [3.05, 3.63) is 0 Å². The molecule has 1 saturated carbocycles. The third-order valence-corrected chi connectivity index (χ3v) is 2.19. The van der Waals surface area contributed by atoms with Crippen molar-refractivity contribution in [2.45, 2.75) is 51.7 Å². The predicted octanol–water partition coefficient (Wildman–Crippen LogP) is 1.94. The zero-order chi connectivity index (χ0) is 9.24. The molecule has 0 aromatic heterocycles. The fraction of sp³-hybridized carbons (Fsp3) is 1.00. The van der Waals surface area contributed by atoms with Gasteiger partial charge in [0, 0.05) is 12.1 Å². The van der Waals surface area contributed by atoms with Gasteiger partial charge in [-0.05, 0) is 40.5 Å². The molecule has 2 heteroatoms. The lowest BCUT2D eigenvalue weighted by Gasteiger charge is -2.20. The third kappa shape index (κ3) is 4.07. The average Bonchev–Trinajstić information content (AvgIpc) is 2.60. The van der Waals surface area contributed by atoms with E-state index >= 15 is 0 Å². The highest BCUT2D eigenvalue weighted by atomic mass is 16.5. The maximum Gasteiger partial charge on any atom is 0.0599 e. The molecule has 0 saturated heterocycles. The SMILES string of the molecule is CC1(NCCOC(C)(C)C)CC1. The number of nitrogens with one attached hydrogen (secondary N) is 1. The van der Waals surface area contributed by atoms with Gasteiger partial charge in [0.1, 0.15) is 0 Å². The standard InChI is InChI=1S/C10H21NO/c1-9(2,3)12-8-7-11-10(4)5-6-10/h11H,5-8H2,1-4H3. The van der Waals surface area contributed by atoms with Crippen LogP contribution in [0.4, 0.5) is 0 Å². The Hall–Kier alpha value is -0.0800.